The molecule has 0 radical (unpaired) electrons. The van der Waals surface area contributed by atoms with Crippen LogP contribution in [0.1, 0.15) is 18.9 Å². The summed E-state index contributed by atoms with van der Waals surface area (Å²) in [7, 11) is 0. The fraction of sp³-hybridized carbons (Fsp3) is 0.375. The molecule has 8 heteroatoms. The van der Waals surface area contributed by atoms with E-state index in [1.54, 1.807) is 0 Å². The lowest BCUT2D eigenvalue weighted by atomic mass is 10.1. The summed E-state index contributed by atoms with van der Waals surface area (Å²) in [5, 5.41) is 15.9. The van der Waals surface area contributed by atoms with E-state index in [1.807, 2.05) is 30.3 Å². The zero-order chi connectivity index (χ0) is 17.9. The van der Waals surface area contributed by atoms with E-state index in [2.05, 4.69) is 16.0 Å². The summed E-state index contributed by atoms with van der Waals surface area (Å²) in [4.78, 5) is 45.2. The Kier molecular flexibility index (Phi) is 7.97. The first-order chi connectivity index (χ1) is 11.4. The lowest BCUT2D eigenvalue weighted by molar-refractivity contribution is -0.140. The van der Waals surface area contributed by atoms with Crippen LogP contribution < -0.4 is 16.0 Å². The molecule has 24 heavy (non-hydrogen) atoms. The second-order valence-corrected chi connectivity index (χ2v) is 5.15. The van der Waals surface area contributed by atoms with Crippen LogP contribution in [0.2, 0.25) is 0 Å². The predicted molar refractivity (Wildman–Crippen MR) is 86.0 cm³/mol. The topological polar surface area (TPSA) is 125 Å². The average molecular weight is 335 g/mol. The Hall–Kier alpha value is -2.90. The minimum atomic E-state index is -1.23. The Labute approximate surface area is 139 Å². The zero-order valence-electron chi connectivity index (χ0n) is 13.4. The molecule has 0 aliphatic rings. The quantitative estimate of drug-likeness (QED) is 0.481. The highest BCUT2D eigenvalue weighted by Crippen LogP contribution is 1.98. The van der Waals surface area contributed by atoms with Crippen LogP contribution in [0.4, 0.5) is 0 Å². The summed E-state index contributed by atoms with van der Waals surface area (Å²) in [5.41, 5.74) is 1.08. The van der Waals surface area contributed by atoms with Gasteiger partial charge in [0.2, 0.25) is 17.7 Å². The maximum atomic E-state index is 11.8. The van der Waals surface area contributed by atoms with Gasteiger partial charge in [0.05, 0.1) is 13.0 Å². The molecular formula is C16H21N3O5. The summed E-state index contributed by atoms with van der Waals surface area (Å²) in [6, 6.07) is 8.39. The van der Waals surface area contributed by atoms with Crippen molar-refractivity contribution < 1.29 is 24.3 Å². The second-order valence-electron chi connectivity index (χ2n) is 5.15. The SMILES string of the molecule is CC(=O)N[C@@H](CC(=O)O)C(=O)NCC(=O)NCCc1ccccc1. The molecule has 0 saturated heterocycles. The maximum absolute atomic E-state index is 11.8. The Morgan fingerprint density at radius 3 is 2.33 bits per heavy atom. The smallest absolute Gasteiger partial charge is 0.305 e. The van der Waals surface area contributed by atoms with Crippen LogP contribution in [0.25, 0.3) is 0 Å². The van der Waals surface area contributed by atoms with Gasteiger partial charge in [-0.15, -0.1) is 0 Å². The largest absolute Gasteiger partial charge is 0.481 e. The number of aliphatic carboxylic acids is 1. The summed E-state index contributed by atoms with van der Waals surface area (Å²) >= 11 is 0. The molecule has 0 saturated carbocycles. The number of benzene rings is 1. The fourth-order valence-corrected chi connectivity index (χ4v) is 1.97. The van der Waals surface area contributed by atoms with E-state index in [0.29, 0.717) is 13.0 Å². The number of rotatable bonds is 9. The lowest BCUT2D eigenvalue weighted by Gasteiger charge is -2.15. The van der Waals surface area contributed by atoms with E-state index >= 15 is 0 Å². The normalized spacial score (nSPS) is 11.2. The summed E-state index contributed by atoms with van der Waals surface area (Å²) < 4.78 is 0. The summed E-state index contributed by atoms with van der Waals surface area (Å²) in [6.45, 7) is 1.31. The minimum absolute atomic E-state index is 0.288. The van der Waals surface area contributed by atoms with Gasteiger partial charge in [0.1, 0.15) is 6.04 Å². The molecule has 0 aromatic heterocycles. The molecule has 0 bridgehead atoms. The van der Waals surface area contributed by atoms with Gasteiger partial charge in [-0.25, -0.2) is 0 Å². The van der Waals surface area contributed by atoms with E-state index in [-0.39, 0.29) is 6.54 Å². The standard InChI is InChI=1S/C16H21N3O5/c1-11(20)19-13(9-15(22)23)16(24)18-10-14(21)17-8-7-12-5-3-2-4-6-12/h2-6,13H,7-10H2,1H3,(H,17,21)(H,18,24)(H,19,20)(H,22,23)/t13-/m0/s1. The van der Waals surface area contributed by atoms with E-state index in [0.717, 1.165) is 5.56 Å². The van der Waals surface area contributed by atoms with Crippen LogP contribution in [0, 0.1) is 0 Å². The third-order valence-electron chi connectivity index (χ3n) is 3.07. The van der Waals surface area contributed by atoms with Crippen molar-refractivity contribution >= 4 is 23.7 Å². The van der Waals surface area contributed by atoms with Crippen LogP contribution in [0.3, 0.4) is 0 Å². The molecule has 0 unspecified atom stereocenters. The maximum Gasteiger partial charge on any atom is 0.305 e. The first-order valence-corrected chi connectivity index (χ1v) is 7.45. The van der Waals surface area contributed by atoms with Gasteiger partial charge in [0.25, 0.3) is 0 Å². The highest BCUT2D eigenvalue weighted by atomic mass is 16.4. The van der Waals surface area contributed by atoms with E-state index in [4.69, 9.17) is 5.11 Å². The van der Waals surface area contributed by atoms with Gasteiger partial charge in [-0.05, 0) is 12.0 Å². The monoisotopic (exact) mass is 335 g/mol. The molecule has 8 nitrogen and oxygen atoms in total. The number of nitrogens with one attached hydrogen (secondary N) is 3. The van der Waals surface area contributed by atoms with Gasteiger partial charge in [-0.1, -0.05) is 30.3 Å². The minimum Gasteiger partial charge on any atom is -0.481 e. The number of carboxylic acid groups (broad SMARTS) is 1. The molecule has 4 N–H and O–H groups in total. The van der Waals surface area contributed by atoms with Gasteiger partial charge >= 0.3 is 5.97 Å². The van der Waals surface area contributed by atoms with Crippen molar-refractivity contribution in [2.75, 3.05) is 13.1 Å². The van der Waals surface area contributed by atoms with E-state index in [1.165, 1.54) is 6.92 Å². The van der Waals surface area contributed by atoms with Crippen LogP contribution in [0.15, 0.2) is 30.3 Å². The van der Waals surface area contributed by atoms with Gasteiger partial charge in [0.15, 0.2) is 0 Å². The van der Waals surface area contributed by atoms with Crippen LogP contribution >= 0.6 is 0 Å². The van der Waals surface area contributed by atoms with Gasteiger partial charge in [-0.2, -0.15) is 0 Å². The molecule has 1 atom stereocenters. The Bertz CT molecular complexity index is 573. The fourth-order valence-electron chi connectivity index (χ4n) is 1.97. The number of carbonyl (C=O) groups excluding carboxylic acids is 3. The summed E-state index contributed by atoms with van der Waals surface area (Å²) in [5.74, 6) is -2.86. The molecule has 1 rings (SSSR count). The first-order valence-electron chi connectivity index (χ1n) is 7.45. The Morgan fingerprint density at radius 1 is 1.08 bits per heavy atom. The van der Waals surface area contributed by atoms with E-state index in [9.17, 15) is 19.2 Å². The molecule has 3 amide bonds. The third-order valence-corrected chi connectivity index (χ3v) is 3.07. The molecule has 130 valence electrons. The van der Waals surface area contributed by atoms with Crippen LogP contribution in [-0.2, 0) is 25.6 Å². The average Bonchev–Trinajstić information content (AvgIpc) is 2.52. The van der Waals surface area contributed by atoms with Gasteiger partial charge in [0, 0.05) is 13.5 Å². The molecule has 0 spiro atoms. The van der Waals surface area contributed by atoms with Gasteiger partial charge in [-0.3, -0.25) is 19.2 Å². The molecule has 0 fully saturated rings. The number of carboxylic acids is 1. The predicted octanol–water partition coefficient (Wildman–Crippen LogP) is -0.559. The lowest BCUT2D eigenvalue weighted by Crippen LogP contribution is -2.49. The number of carbonyl (C=O) groups is 4. The molecule has 0 aliphatic carbocycles. The number of hydrogen-bond acceptors (Lipinski definition) is 4. The van der Waals surface area contributed by atoms with Crippen molar-refractivity contribution in [3.63, 3.8) is 0 Å². The van der Waals surface area contributed by atoms with Crippen molar-refractivity contribution in [2.45, 2.75) is 25.8 Å². The van der Waals surface area contributed by atoms with Crippen molar-refractivity contribution in [2.24, 2.45) is 0 Å². The van der Waals surface area contributed by atoms with Crippen molar-refractivity contribution in [3.8, 4) is 0 Å². The van der Waals surface area contributed by atoms with Crippen LogP contribution in [-0.4, -0.2) is 47.9 Å². The number of hydrogen-bond donors (Lipinski definition) is 4. The molecule has 1 aromatic carbocycles. The molecule has 0 aliphatic heterocycles. The number of amides is 3. The second kappa shape index (κ2) is 9.98. The molecule has 0 heterocycles. The third kappa shape index (κ3) is 7.92. The Morgan fingerprint density at radius 2 is 1.75 bits per heavy atom. The highest BCUT2D eigenvalue weighted by Gasteiger charge is 2.22. The van der Waals surface area contributed by atoms with Gasteiger partial charge < -0.3 is 21.1 Å². The van der Waals surface area contributed by atoms with E-state index < -0.39 is 36.2 Å². The first kappa shape index (κ1) is 19.1. The van der Waals surface area contributed by atoms with Crippen molar-refractivity contribution in [1.82, 2.24) is 16.0 Å². The Balaban J connectivity index is 2.34. The van der Waals surface area contributed by atoms with Crippen LogP contribution in [0.5, 0.6) is 0 Å². The highest BCUT2D eigenvalue weighted by molar-refractivity contribution is 5.92. The van der Waals surface area contributed by atoms with Crippen molar-refractivity contribution in [3.05, 3.63) is 35.9 Å². The zero-order valence-corrected chi connectivity index (χ0v) is 13.4. The molecular weight excluding hydrogens is 314 g/mol. The summed E-state index contributed by atoms with van der Waals surface area (Å²) in [6.07, 6.45) is 0.106. The molecule has 1 aromatic rings. The van der Waals surface area contributed by atoms with Crippen molar-refractivity contribution in [1.29, 1.82) is 0 Å².